The summed E-state index contributed by atoms with van der Waals surface area (Å²) >= 11 is 0. The van der Waals surface area contributed by atoms with E-state index in [1.165, 1.54) is 289 Å². The van der Waals surface area contributed by atoms with Crippen molar-refractivity contribution in [2.75, 3.05) is 13.2 Å². The van der Waals surface area contributed by atoms with Crippen LogP contribution < -0.4 is 0 Å². The Morgan fingerprint density at radius 2 is 0.462 bits per heavy atom. The molecule has 1 unspecified atom stereocenters. The molecule has 0 aliphatic rings. The van der Waals surface area contributed by atoms with E-state index in [2.05, 4.69) is 45.1 Å². The van der Waals surface area contributed by atoms with E-state index in [9.17, 15) is 14.4 Å². The molecule has 0 fully saturated rings. The lowest BCUT2D eigenvalue weighted by atomic mass is 10.0. The van der Waals surface area contributed by atoms with E-state index in [0.717, 1.165) is 70.6 Å². The quantitative estimate of drug-likeness (QED) is 0.0261. The Labute approximate surface area is 487 Å². The van der Waals surface area contributed by atoms with Gasteiger partial charge in [-0.3, -0.25) is 14.4 Å². The first-order valence-electron chi connectivity index (χ1n) is 35.3. The van der Waals surface area contributed by atoms with E-state index in [1.54, 1.807) is 0 Å². The molecule has 460 valence electrons. The molecule has 0 saturated heterocycles. The predicted octanol–water partition coefficient (Wildman–Crippen LogP) is 24.2. The van der Waals surface area contributed by atoms with Crippen LogP contribution >= 0.6 is 0 Å². The van der Waals surface area contributed by atoms with Gasteiger partial charge in [0.05, 0.1) is 0 Å². The summed E-state index contributed by atoms with van der Waals surface area (Å²) in [7, 11) is 0. The number of esters is 3. The van der Waals surface area contributed by atoms with Gasteiger partial charge < -0.3 is 14.2 Å². The predicted molar refractivity (Wildman–Crippen MR) is 340 cm³/mol. The van der Waals surface area contributed by atoms with Crippen molar-refractivity contribution in [3.63, 3.8) is 0 Å². The molecule has 1 atom stereocenters. The van der Waals surface area contributed by atoms with Gasteiger partial charge in [-0.25, -0.2) is 0 Å². The molecule has 6 heteroatoms. The molecule has 0 aliphatic heterocycles. The fourth-order valence-corrected chi connectivity index (χ4v) is 10.9. The summed E-state index contributed by atoms with van der Waals surface area (Å²) in [4.78, 5) is 38.5. The van der Waals surface area contributed by atoms with Crippen molar-refractivity contribution in [3.8, 4) is 0 Å². The number of hydrogen-bond donors (Lipinski definition) is 0. The molecule has 0 spiro atoms. The lowest BCUT2D eigenvalue weighted by Gasteiger charge is -2.18. The van der Waals surface area contributed by atoms with Gasteiger partial charge >= 0.3 is 17.9 Å². The third-order valence-electron chi connectivity index (χ3n) is 16.2. The summed E-state index contributed by atoms with van der Waals surface area (Å²) in [5.74, 6) is -0.841. The summed E-state index contributed by atoms with van der Waals surface area (Å²) in [6.07, 6.45) is 82.0. The second kappa shape index (κ2) is 67.4. The van der Waals surface area contributed by atoms with Gasteiger partial charge in [0.1, 0.15) is 13.2 Å². The highest BCUT2D eigenvalue weighted by atomic mass is 16.6. The van der Waals surface area contributed by atoms with Gasteiger partial charge in [0.2, 0.25) is 0 Å². The largest absolute Gasteiger partial charge is 0.462 e. The fourth-order valence-electron chi connectivity index (χ4n) is 10.9. The van der Waals surface area contributed by atoms with E-state index in [0.29, 0.717) is 19.3 Å². The molecule has 0 aromatic carbocycles. The van der Waals surface area contributed by atoms with Crippen LogP contribution in [0.15, 0.2) is 24.3 Å². The first-order chi connectivity index (χ1) is 38.5. The monoisotopic (exact) mass is 1100 g/mol. The molecule has 0 saturated carbocycles. The Balaban J connectivity index is 4.29. The van der Waals surface area contributed by atoms with Crippen LogP contribution in [0.4, 0.5) is 0 Å². The van der Waals surface area contributed by atoms with Crippen molar-refractivity contribution in [3.05, 3.63) is 24.3 Å². The molecular weight excluding hydrogens is 961 g/mol. The number of allylic oxidation sites excluding steroid dienone is 4. The van der Waals surface area contributed by atoms with Crippen molar-refractivity contribution in [2.24, 2.45) is 0 Å². The van der Waals surface area contributed by atoms with Gasteiger partial charge in [0.25, 0.3) is 0 Å². The summed E-state index contributed by atoms with van der Waals surface area (Å²) < 4.78 is 17.0. The Morgan fingerprint density at radius 3 is 0.731 bits per heavy atom. The number of carbonyl (C=O) groups excluding carboxylic acids is 3. The topological polar surface area (TPSA) is 78.9 Å². The third kappa shape index (κ3) is 64.7. The molecule has 0 bridgehead atoms. The maximum absolute atomic E-state index is 13.0. The molecule has 0 heterocycles. The van der Waals surface area contributed by atoms with Crippen LogP contribution in [-0.4, -0.2) is 37.2 Å². The molecule has 0 aromatic rings. The van der Waals surface area contributed by atoms with Crippen LogP contribution in [0.25, 0.3) is 0 Å². The molecular formula is C72H136O6. The summed E-state index contributed by atoms with van der Waals surface area (Å²) in [5.41, 5.74) is 0. The first kappa shape index (κ1) is 75.9. The summed E-state index contributed by atoms with van der Waals surface area (Å²) in [6.45, 7) is 6.70. The Bertz CT molecular complexity index is 1260. The van der Waals surface area contributed by atoms with Crippen molar-refractivity contribution >= 4 is 17.9 Å². The second-order valence-corrected chi connectivity index (χ2v) is 24.2. The average molecular weight is 1100 g/mol. The highest BCUT2D eigenvalue weighted by Crippen LogP contribution is 2.19. The zero-order valence-electron chi connectivity index (χ0n) is 53.0. The van der Waals surface area contributed by atoms with E-state index in [4.69, 9.17) is 14.2 Å². The Kier molecular flexibility index (Phi) is 65.6. The average Bonchev–Trinajstić information content (AvgIpc) is 3.44. The van der Waals surface area contributed by atoms with Crippen molar-refractivity contribution in [1.29, 1.82) is 0 Å². The van der Waals surface area contributed by atoms with Gasteiger partial charge in [-0.05, 0) is 51.4 Å². The van der Waals surface area contributed by atoms with Gasteiger partial charge in [-0.15, -0.1) is 0 Å². The van der Waals surface area contributed by atoms with E-state index < -0.39 is 6.10 Å². The van der Waals surface area contributed by atoms with E-state index in [-0.39, 0.29) is 31.1 Å². The molecule has 0 aromatic heterocycles. The lowest BCUT2D eigenvalue weighted by molar-refractivity contribution is -0.167. The maximum atomic E-state index is 13.0. The standard InChI is InChI=1S/C72H136O6/c1-4-7-10-13-16-19-22-25-28-31-33-35-37-38-41-44-47-50-53-56-59-62-65-71(74)77-68-69(67-76-70(73)64-61-58-55-52-49-46-43-40-30-27-24-21-18-15-12-9-6-3)78-72(75)66-63-60-57-54-51-48-45-42-39-36-34-32-29-26-23-20-17-14-11-8-5-2/h18,21,27,30,69H,4-17,19-20,22-26,28-29,31-68H2,1-3H3/b21-18-,30-27-. The number of rotatable bonds is 66. The van der Waals surface area contributed by atoms with Gasteiger partial charge in [-0.1, -0.05) is 353 Å². The van der Waals surface area contributed by atoms with Crippen molar-refractivity contribution in [1.82, 2.24) is 0 Å². The molecule has 0 amide bonds. The number of unbranched alkanes of at least 4 members (excludes halogenated alkanes) is 51. The summed E-state index contributed by atoms with van der Waals surface area (Å²) in [6, 6.07) is 0. The SMILES string of the molecule is CCCCC/C=C\C/C=C\CCCCCCCCCC(=O)OCC(COC(=O)CCCCCCCCCCCCCCCCCCCCCCCC)OC(=O)CCCCCCCCCCCCCCCCCCCCCCC. The minimum Gasteiger partial charge on any atom is -0.462 e. The Hall–Kier alpha value is -2.11. The minimum absolute atomic E-state index is 0.0670. The van der Waals surface area contributed by atoms with E-state index >= 15 is 0 Å². The fraction of sp³-hybridized carbons (Fsp3) is 0.903. The zero-order chi connectivity index (χ0) is 56.4. The van der Waals surface area contributed by atoms with Crippen LogP contribution in [0.5, 0.6) is 0 Å². The molecule has 0 rings (SSSR count). The lowest BCUT2D eigenvalue weighted by Crippen LogP contribution is -2.30. The molecule has 6 nitrogen and oxygen atoms in total. The van der Waals surface area contributed by atoms with Crippen LogP contribution in [0.2, 0.25) is 0 Å². The Morgan fingerprint density at radius 1 is 0.256 bits per heavy atom. The number of hydrogen-bond acceptors (Lipinski definition) is 6. The van der Waals surface area contributed by atoms with Crippen LogP contribution in [0.1, 0.15) is 400 Å². The van der Waals surface area contributed by atoms with Gasteiger partial charge in [0, 0.05) is 19.3 Å². The summed E-state index contributed by atoms with van der Waals surface area (Å²) in [5, 5.41) is 0. The van der Waals surface area contributed by atoms with Crippen LogP contribution in [0.3, 0.4) is 0 Å². The highest BCUT2D eigenvalue weighted by Gasteiger charge is 2.19. The second-order valence-electron chi connectivity index (χ2n) is 24.2. The minimum atomic E-state index is -0.772. The van der Waals surface area contributed by atoms with Gasteiger partial charge in [0.15, 0.2) is 6.10 Å². The number of ether oxygens (including phenoxy) is 3. The third-order valence-corrected chi connectivity index (χ3v) is 16.2. The van der Waals surface area contributed by atoms with Crippen LogP contribution in [0, 0.1) is 0 Å². The highest BCUT2D eigenvalue weighted by molar-refractivity contribution is 5.71. The molecule has 78 heavy (non-hydrogen) atoms. The van der Waals surface area contributed by atoms with Crippen molar-refractivity contribution in [2.45, 2.75) is 406 Å². The zero-order valence-corrected chi connectivity index (χ0v) is 53.0. The van der Waals surface area contributed by atoms with Crippen LogP contribution in [-0.2, 0) is 28.6 Å². The molecule has 0 N–H and O–H groups in total. The number of carbonyl (C=O) groups is 3. The first-order valence-corrected chi connectivity index (χ1v) is 35.3. The normalized spacial score (nSPS) is 12.1. The van der Waals surface area contributed by atoms with E-state index in [1.807, 2.05) is 0 Å². The van der Waals surface area contributed by atoms with Gasteiger partial charge in [-0.2, -0.15) is 0 Å². The molecule has 0 aliphatic carbocycles. The smallest absolute Gasteiger partial charge is 0.306 e. The van der Waals surface area contributed by atoms with Crippen molar-refractivity contribution < 1.29 is 28.6 Å². The maximum Gasteiger partial charge on any atom is 0.306 e. The molecule has 0 radical (unpaired) electrons.